The number of nitrogens with zero attached hydrogens (tertiary/aromatic N) is 2. The molecule has 3 saturated heterocycles. The second-order valence-corrected chi connectivity index (χ2v) is 18.2. The van der Waals surface area contributed by atoms with Gasteiger partial charge in [-0.3, -0.25) is 33.7 Å². The molecule has 0 aromatic heterocycles. The van der Waals surface area contributed by atoms with Crippen LogP contribution in [0.1, 0.15) is 112 Å². The van der Waals surface area contributed by atoms with Crippen molar-refractivity contribution in [2.45, 2.75) is 148 Å². The van der Waals surface area contributed by atoms with E-state index >= 15 is 0 Å². The highest BCUT2D eigenvalue weighted by atomic mass is 16.5. The summed E-state index contributed by atoms with van der Waals surface area (Å²) in [6.45, 7) is 12.3. The Morgan fingerprint density at radius 3 is 2.17 bits per heavy atom. The summed E-state index contributed by atoms with van der Waals surface area (Å²) < 4.78 is 6.17. The fourth-order valence-electron chi connectivity index (χ4n) is 9.11. The van der Waals surface area contributed by atoms with Crippen molar-refractivity contribution in [1.29, 1.82) is 0 Å². The molecule has 6 aliphatic rings. The molecule has 7 amide bonds. The number of rotatable bonds is 7. The van der Waals surface area contributed by atoms with Gasteiger partial charge in [-0.1, -0.05) is 60.3 Å². The maximum absolute atomic E-state index is 14.6. The molecule has 6 fully saturated rings. The summed E-state index contributed by atoms with van der Waals surface area (Å²) in [5.41, 5.74) is -0.761. The topological polar surface area (TPSA) is 183 Å². The monoisotopic (exact) mass is 740 g/mol. The molecule has 0 aromatic carbocycles. The van der Waals surface area contributed by atoms with Crippen molar-refractivity contribution in [3.63, 3.8) is 0 Å². The van der Waals surface area contributed by atoms with Crippen molar-refractivity contribution in [1.82, 2.24) is 31.1 Å². The average molecular weight is 741 g/mol. The van der Waals surface area contributed by atoms with Gasteiger partial charge in [-0.15, -0.1) is 0 Å². The number of hydrogen-bond donors (Lipinski definition) is 4. The molecular weight excluding hydrogens is 680 g/mol. The van der Waals surface area contributed by atoms with Crippen molar-refractivity contribution >= 4 is 41.4 Å². The van der Waals surface area contributed by atoms with Gasteiger partial charge in [-0.2, -0.15) is 0 Å². The van der Waals surface area contributed by atoms with E-state index in [1.165, 1.54) is 9.80 Å². The van der Waals surface area contributed by atoms with E-state index in [0.717, 1.165) is 38.5 Å². The van der Waals surface area contributed by atoms with Gasteiger partial charge in [-0.05, 0) is 74.5 Å². The molecule has 4 N–H and O–H groups in total. The van der Waals surface area contributed by atoms with Crippen LogP contribution in [0, 0.1) is 34.5 Å². The Bertz CT molecular complexity index is 1470. The normalized spacial score (nSPS) is 34.1. The number of hydrogen-bond acceptors (Lipinski definition) is 8. The molecule has 6 rings (SSSR count). The lowest BCUT2D eigenvalue weighted by Crippen LogP contribution is -2.63. The third kappa shape index (κ3) is 8.42. The minimum absolute atomic E-state index is 0.00122. The Morgan fingerprint density at radius 2 is 1.53 bits per heavy atom. The zero-order valence-corrected chi connectivity index (χ0v) is 32.3. The SMILES string of the molecule is C[C@@H]1OCCCCCCC[C@H](C(=O)C(=O)NC2CC2)NC(=O)[C@@H]2[C@@H]3[C@H](CN2C(=O)[C@H]1NC(=O)N[C@H](CN1C(=O)C2CCC(C2)C1=O)C(C)(C)C)C3(C)C. The number of fused-ring (bicyclic) bond motifs is 5. The number of likely N-dealkylation sites (tertiary alicyclic amines) is 1. The van der Waals surface area contributed by atoms with Crippen LogP contribution in [0.4, 0.5) is 4.79 Å². The number of Topliss-reactive ketones (excluding diaryl/α,β-unsaturated/α-hetero) is 1. The fourth-order valence-corrected chi connectivity index (χ4v) is 9.11. The van der Waals surface area contributed by atoms with Crippen LogP contribution in [0.2, 0.25) is 0 Å². The van der Waals surface area contributed by atoms with E-state index in [1.54, 1.807) is 6.92 Å². The van der Waals surface area contributed by atoms with Crippen molar-refractivity contribution in [3.05, 3.63) is 0 Å². The average Bonchev–Trinajstić information content (AvgIpc) is 3.83. The molecule has 3 aliphatic heterocycles. The number of carbonyl (C=O) groups excluding carboxylic acids is 7. The molecule has 9 atom stereocenters. The molecule has 0 aromatic rings. The Hall–Kier alpha value is -3.55. The van der Waals surface area contributed by atoms with Gasteiger partial charge in [0.05, 0.1) is 18.2 Å². The minimum atomic E-state index is -1.16. The van der Waals surface area contributed by atoms with Gasteiger partial charge in [0.2, 0.25) is 29.4 Å². The molecule has 0 radical (unpaired) electrons. The number of amides is 7. The second-order valence-electron chi connectivity index (χ2n) is 18.2. The van der Waals surface area contributed by atoms with Crippen LogP contribution in [-0.4, -0.2) is 107 Å². The molecule has 14 nitrogen and oxygen atoms in total. The molecule has 2 bridgehead atoms. The van der Waals surface area contributed by atoms with Crippen molar-refractivity contribution < 1.29 is 38.3 Å². The molecule has 2 unspecified atom stereocenters. The third-order valence-electron chi connectivity index (χ3n) is 12.9. The highest BCUT2D eigenvalue weighted by Crippen LogP contribution is 2.65. The van der Waals surface area contributed by atoms with Crippen LogP contribution in [0.15, 0.2) is 0 Å². The summed E-state index contributed by atoms with van der Waals surface area (Å²) in [5.74, 6) is -3.14. The first kappa shape index (κ1) is 39.2. The molecule has 3 aliphatic carbocycles. The number of piperidine rings is 2. The van der Waals surface area contributed by atoms with E-state index in [9.17, 15) is 33.6 Å². The van der Waals surface area contributed by atoms with Crippen molar-refractivity contribution in [2.24, 2.45) is 34.5 Å². The number of urea groups is 1. The quantitative estimate of drug-likeness (QED) is 0.227. The first-order valence-corrected chi connectivity index (χ1v) is 20.0. The second kappa shape index (κ2) is 15.3. The number of ketones is 1. The van der Waals surface area contributed by atoms with Gasteiger partial charge in [0.25, 0.3) is 5.91 Å². The van der Waals surface area contributed by atoms with E-state index in [2.05, 4.69) is 35.1 Å². The summed E-state index contributed by atoms with van der Waals surface area (Å²) in [6.07, 6.45) is 7.16. The number of nitrogens with one attached hydrogen (secondary N) is 4. The zero-order chi connectivity index (χ0) is 38.4. The van der Waals surface area contributed by atoms with Gasteiger partial charge >= 0.3 is 6.03 Å². The predicted molar refractivity (Wildman–Crippen MR) is 194 cm³/mol. The zero-order valence-electron chi connectivity index (χ0n) is 32.3. The summed E-state index contributed by atoms with van der Waals surface area (Å²) in [4.78, 5) is 98.1. The standard InChI is InChI=1S/C39H60N6O8/c1-21-29(43-37(52)42-27(38(2,3)4)20-45-34(49)22-13-14-23(18-22)35(45)50)36(51)44-19-25-28(39(25,5)6)30(44)32(47)41-26(12-10-8-7-9-11-17-53-21)31(46)33(48)40-24-15-16-24/h21-30H,7-20H2,1-6H3,(H,40,48)(H,41,47)(H2,42,43,52)/t21-,22?,23?,25-,26+,27+,28-,29-,30-/m0/s1. The lowest BCUT2D eigenvalue weighted by atomic mass is 9.85. The Balaban J connectivity index is 1.21. The number of carbonyl (C=O) groups is 7. The van der Waals surface area contributed by atoms with E-state index in [4.69, 9.17) is 4.74 Å². The van der Waals surface area contributed by atoms with Crippen LogP contribution in [-0.2, 0) is 33.5 Å². The predicted octanol–water partition coefficient (Wildman–Crippen LogP) is 2.43. The lowest BCUT2D eigenvalue weighted by molar-refractivity contribution is -0.153. The molecule has 0 spiro atoms. The summed E-state index contributed by atoms with van der Waals surface area (Å²) in [6, 6.07) is -4.32. The van der Waals surface area contributed by atoms with Crippen LogP contribution in [0.5, 0.6) is 0 Å². The number of imide groups is 1. The first-order chi connectivity index (χ1) is 25.0. The van der Waals surface area contributed by atoms with Gasteiger partial charge in [0, 0.05) is 37.6 Å². The summed E-state index contributed by atoms with van der Waals surface area (Å²) in [7, 11) is 0. The molecule has 294 valence electrons. The first-order valence-electron chi connectivity index (χ1n) is 20.0. The van der Waals surface area contributed by atoms with Gasteiger partial charge < -0.3 is 30.9 Å². The Labute approximate surface area is 313 Å². The number of ether oxygens (including phenoxy) is 1. The van der Waals surface area contributed by atoms with E-state index in [-0.39, 0.29) is 53.5 Å². The van der Waals surface area contributed by atoms with Crippen LogP contribution in [0.3, 0.4) is 0 Å². The lowest BCUT2D eigenvalue weighted by Gasteiger charge is -2.39. The highest BCUT2D eigenvalue weighted by Gasteiger charge is 2.70. The van der Waals surface area contributed by atoms with Crippen LogP contribution < -0.4 is 21.3 Å². The summed E-state index contributed by atoms with van der Waals surface area (Å²) in [5, 5.41) is 11.5. The van der Waals surface area contributed by atoms with E-state index in [1.807, 2.05) is 20.8 Å². The fraction of sp³-hybridized carbons (Fsp3) is 0.821. The smallest absolute Gasteiger partial charge is 0.315 e. The third-order valence-corrected chi connectivity index (χ3v) is 12.9. The Kier molecular flexibility index (Phi) is 11.3. The minimum Gasteiger partial charge on any atom is -0.376 e. The van der Waals surface area contributed by atoms with E-state index < -0.39 is 65.2 Å². The van der Waals surface area contributed by atoms with E-state index in [0.29, 0.717) is 45.3 Å². The molecule has 3 heterocycles. The molecular formula is C39H60N6O8. The van der Waals surface area contributed by atoms with Gasteiger partial charge in [0.15, 0.2) is 0 Å². The van der Waals surface area contributed by atoms with Crippen LogP contribution >= 0.6 is 0 Å². The molecule has 14 heteroatoms. The van der Waals surface area contributed by atoms with Crippen molar-refractivity contribution in [2.75, 3.05) is 19.7 Å². The molecule has 3 saturated carbocycles. The van der Waals surface area contributed by atoms with Crippen molar-refractivity contribution in [3.8, 4) is 0 Å². The largest absolute Gasteiger partial charge is 0.376 e. The summed E-state index contributed by atoms with van der Waals surface area (Å²) >= 11 is 0. The van der Waals surface area contributed by atoms with Gasteiger partial charge in [-0.25, -0.2) is 4.79 Å². The maximum atomic E-state index is 14.6. The maximum Gasteiger partial charge on any atom is 0.315 e. The van der Waals surface area contributed by atoms with Crippen LogP contribution in [0.25, 0.3) is 0 Å². The highest BCUT2D eigenvalue weighted by molar-refractivity contribution is 6.38. The molecule has 53 heavy (non-hydrogen) atoms. The Morgan fingerprint density at radius 1 is 0.887 bits per heavy atom. The van der Waals surface area contributed by atoms with Gasteiger partial charge in [0.1, 0.15) is 12.1 Å².